The van der Waals surface area contributed by atoms with E-state index in [0.29, 0.717) is 24.5 Å². The molecule has 9 heteroatoms. The van der Waals surface area contributed by atoms with Gasteiger partial charge in [0.2, 0.25) is 0 Å². The van der Waals surface area contributed by atoms with Crippen molar-refractivity contribution in [3.8, 4) is 0 Å². The predicted molar refractivity (Wildman–Crippen MR) is 118 cm³/mol. The lowest BCUT2D eigenvalue weighted by molar-refractivity contribution is 0.0294. The average molecular weight is 435 g/mol. The van der Waals surface area contributed by atoms with Gasteiger partial charge in [0.25, 0.3) is 0 Å². The van der Waals surface area contributed by atoms with Crippen LogP contribution in [0, 0.1) is 0 Å². The number of β-amino-alcohol motifs (C(OH)–C–C–N with tert-alkyl or cyclic N) is 1. The minimum atomic E-state index is -0.799. The third-order valence-corrected chi connectivity index (χ3v) is 5.42. The van der Waals surface area contributed by atoms with E-state index >= 15 is 0 Å². The molecule has 2 atom stereocenters. The van der Waals surface area contributed by atoms with Crippen molar-refractivity contribution in [2.75, 3.05) is 43.1 Å². The van der Waals surface area contributed by atoms with E-state index < -0.39 is 17.8 Å². The Hall–Kier alpha value is -2.36. The number of carbonyl (C=O) groups excluding carboxylic acids is 2. The van der Waals surface area contributed by atoms with Gasteiger partial charge >= 0.3 is 12.2 Å². The highest BCUT2D eigenvalue weighted by Gasteiger charge is 2.37. The van der Waals surface area contributed by atoms with Crippen LogP contribution in [0.3, 0.4) is 0 Å². The highest BCUT2D eigenvalue weighted by Crippen LogP contribution is 2.39. The zero-order valence-corrected chi connectivity index (χ0v) is 19.2. The summed E-state index contributed by atoms with van der Waals surface area (Å²) in [5.74, 6) is 0.182. The van der Waals surface area contributed by atoms with Crippen LogP contribution >= 0.6 is 0 Å². The average Bonchev–Trinajstić information content (AvgIpc) is 3.12. The van der Waals surface area contributed by atoms with Gasteiger partial charge in [-0.05, 0) is 52.3 Å². The molecule has 0 bridgehead atoms. The quantitative estimate of drug-likeness (QED) is 0.752. The second-order valence-corrected chi connectivity index (χ2v) is 9.23. The lowest BCUT2D eigenvalue weighted by Crippen LogP contribution is -2.52. The second kappa shape index (κ2) is 9.02. The molecule has 9 nitrogen and oxygen atoms in total. The van der Waals surface area contributed by atoms with Crippen molar-refractivity contribution in [2.24, 2.45) is 0 Å². The molecule has 0 radical (unpaired) electrons. The Balaban J connectivity index is 1.93. The summed E-state index contributed by atoms with van der Waals surface area (Å²) in [6.45, 7) is 11.3. The normalized spacial score (nSPS) is 21.9. The van der Waals surface area contributed by atoms with E-state index in [9.17, 15) is 14.7 Å². The molecular weight excluding hydrogens is 400 g/mol. The highest BCUT2D eigenvalue weighted by molar-refractivity contribution is 6.00. The van der Waals surface area contributed by atoms with Crippen LogP contribution < -0.4 is 15.2 Å². The fourth-order valence-electron chi connectivity index (χ4n) is 4.16. The standard InChI is InChI=1S/C22H34N4O5/c1-14(2)31-20(27)25-11-15(3)26(21(28)30-6)18-8-7-16(9-19(18)25)17-10-23-24(12-17)13-22(4,5)29/h7-9,14-15,17,23,29H,10-13H2,1-6H3/t15-,17?/m0/s1. The van der Waals surface area contributed by atoms with E-state index in [1.807, 2.05) is 44.0 Å². The van der Waals surface area contributed by atoms with E-state index in [2.05, 4.69) is 5.43 Å². The molecule has 2 heterocycles. The number of ether oxygens (including phenoxy) is 2. The predicted octanol–water partition coefficient (Wildman–Crippen LogP) is 2.69. The zero-order chi connectivity index (χ0) is 22.9. The van der Waals surface area contributed by atoms with Gasteiger partial charge in [0.05, 0.1) is 42.8 Å². The Bertz CT molecular complexity index is 823. The van der Waals surface area contributed by atoms with Gasteiger partial charge in [-0.15, -0.1) is 0 Å². The number of hydrogen-bond donors (Lipinski definition) is 2. The van der Waals surface area contributed by atoms with Crippen LogP contribution in [0.4, 0.5) is 21.0 Å². The maximum atomic E-state index is 12.8. The Labute approximate surface area is 183 Å². The molecule has 0 saturated carbocycles. The van der Waals surface area contributed by atoms with Crippen LogP contribution in [0.15, 0.2) is 18.2 Å². The smallest absolute Gasteiger partial charge is 0.414 e. The van der Waals surface area contributed by atoms with Crippen LogP contribution in [0.5, 0.6) is 0 Å². The highest BCUT2D eigenvalue weighted by atomic mass is 16.6. The first kappa shape index (κ1) is 23.3. The van der Waals surface area contributed by atoms with Crippen molar-refractivity contribution in [3.63, 3.8) is 0 Å². The SMILES string of the molecule is COC(=O)N1c2ccc(C3CNN(CC(C)(C)O)C3)cc2N(C(=O)OC(C)C)C[C@@H]1C. The Kier molecular flexibility index (Phi) is 6.78. The molecule has 0 aromatic heterocycles. The van der Waals surface area contributed by atoms with Gasteiger partial charge in [0.15, 0.2) is 0 Å². The van der Waals surface area contributed by atoms with Crippen molar-refractivity contribution in [1.29, 1.82) is 0 Å². The van der Waals surface area contributed by atoms with E-state index in [1.54, 1.807) is 23.6 Å². The second-order valence-electron chi connectivity index (χ2n) is 9.23. The summed E-state index contributed by atoms with van der Waals surface area (Å²) in [5, 5.41) is 12.1. The molecule has 2 aliphatic heterocycles. The first-order valence-corrected chi connectivity index (χ1v) is 10.7. The molecule has 3 rings (SSSR count). The molecule has 0 aliphatic carbocycles. The number of methoxy groups -OCH3 is 1. The summed E-state index contributed by atoms with van der Waals surface area (Å²) < 4.78 is 10.4. The molecular formula is C22H34N4O5. The number of carbonyl (C=O) groups is 2. The zero-order valence-electron chi connectivity index (χ0n) is 19.2. The number of rotatable bonds is 4. The molecule has 1 saturated heterocycles. The fraction of sp³-hybridized carbons (Fsp3) is 0.636. The van der Waals surface area contributed by atoms with Crippen LogP contribution in [0.25, 0.3) is 0 Å². The Morgan fingerprint density at radius 3 is 2.55 bits per heavy atom. The minimum Gasteiger partial charge on any atom is -0.452 e. The van der Waals surface area contributed by atoms with Gasteiger partial charge in [0.1, 0.15) is 0 Å². The first-order valence-electron chi connectivity index (χ1n) is 10.7. The largest absolute Gasteiger partial charge is 0.452 e. The number of hydrogen-bond acceptors (Lipinski definition) is 7. The molecule has 2 N–H and O–H groups in total. The third kappa shape index (κ3) is 5.28. The monoisotopic (exact) mass is 434 g/mol. The topological polar surface area (TPSA) is 94.6 Å². The molecule has 1 aromatic carbocycles. The maximum Gasteiger partial charge on any atom is 0.414 e. The minimum absolute atomic E-state index is 0.182. The van der Waals surface area contributed by atoms with Crippen LogP contribution in [0.1, 0.15) is 46.1 Å². The molecule has 2 aliphatic rings. The van der Waals surface area contributed by atoms with Gasteiger partial charge in [-0.2, -0.15) is 0 Å². The molecule has 0 spiro atoms. The van der Waals surface area contributed by atoms with Gasteiger partial charge in [0, 0.05) is 25.6 Å². The summed E-state index contributed by atoms with van der Waals surface area (Å²) in [4.78, 5) is 28.4. The fourth-order valence-corrected chi connectivity index (χ4v) is 4.16. The number of aliphatic hydroxyl groups is 1. The van der Waals surface area contributed by atoms with E-state index in [0.717, 1.165) is 18.7 Å². The van der Waals surface area contributed by atoms with E-state index in [-0.39, 0.29) is 18.1 Å². The molecule has 1 fully saturated rings. The summed E-state index contributed by atoms with van der Waals surface area (Å²) in [5.41, 5.74) is 4.83. The van der Waals surface area contributed by atoms with Crippen LogP contribution in [-0.2, 0) is 9.47 Å². The number of fused-ring (bicyclic) bond motifs is 1. The van der Waals surface area contributed by atoms with E-state index in [4.69, 9.17) is 9.47 Å². The lowest BCUT2D eigenvalue weighted by atomic mass is 9.97. The third-order valence-electron chi connectivity index (χ3n) is 5.42. The number of anilines is 2. The first-order chi connectivity index (χ1) is 14.5. The number of benzene rings is 1. The molecule has 1 unspecified atom stereocenters. The van der Waals surface area contributed by atoms with Gasteiger partial charge in [-0.25, -0.2) is 14.6 Å². The van der Waals surface area contributed by atoms with Crippen LogP contribution in [-0.4, -0.2) is 73.3 Å². The summed E-state index contributed by atoms with van der Waals surface area (Å²) in [6, 6.07) is 5.55. The van der Waals surface area contributed by atoms with Gasteiger partial charge < -0.3 is 14.6 Å². The van der Waals surface area contributed by atoms with Gasteiger partial charge in [-0.1, -0.05) is 6.07 Å². The van der Waals surface area contributed by atoms with Crippen molar-refractivity contribution < 1.29 is 24.2 Å². The van der Waals surface area contributed by atoms with Crippen LogP contribution in [0.2, 0.25) is 0 Å². The maximum absolute atomic E-state index is 12.8. The summed E-state index contributed by atoms with van der Waals surface area (Å²) in [6.07, 6.45) is -1.14. The number of amides is 2. The Morgan fingerprint density at radius 2 is 1.94 bits per heavy atom. The molecule has 31 heavy (non-hydrogen) atoms. The van der Waals surface area contributed by atoms with Crippen molar-refractivity contribution in [2.45, 2.75) is 58.3 Å². The Morgan fingerprint density at radius 1 is 1.23 bits per heavy atom. The number of hydrazine groups is 1. The van der Waals surface area contributed by atoms with Crippen molar-refractivity contribution in [1.82, 2.24) is 10.4 Å². The van der Waals surface area contributed by atoms with Crippen molar-refractivity contribution >= 4 is 23.6 Å². The summed E-state index contributed by atoms with van der Waals surface area (Å²) in [7, 11) is 1.35. The molecule has 172 valence electrons. The lowest BCUT2D eigenvalue weighted by Gasteiger charge is -2.40. The summed E-state index contributed by atoms with van der Waals surface area (Å²) >= 11 is 0. The van der Waals surface area contributed by atoms with E-state index in [1.165, 1.54) is 7.11 Å². The molecule has 2 amide bonds. The number of nitrogens with one attached hydrogen (secondary N) is 1. The number of nitrogens with zero attached hydrogens (tertiary/aromatic N) is 3. The van der Waals surface area contributed by atoms with Gasteiger partial charge in [-0.3, -0.25) is 15.2 Å². The van der Waals surface area contributed by atoms with Crippen molar-refractivity contribution in [3.05, 3.63) is 23.8 Å². The molecule has 1 aromatic rings.